The van der Waals surface area contributed by atoms with Gasteiger partial charge in [-0.1, -0.05) is 31.5 Å². The SMILES string of the molecule is CC(C)[C@H](NC(=O)c1cccc(Cl)c1)c1nc(C(=O)N2CCC[C@@H]2CO)co1. The summed E-state index contributed by atoms with van der Waals surface area (Å²) in [7, 11) is 0. The number of aromatic nitrogens is 1. The lowest BCUT2D eigenvalue weighted by molar-refractivity contribution is 0.0671. The van der Waals surface area contributed by atoms with Crippen LogP contribution in [0.1, 0.15) is 59.5 Å². The van der Waals surface area contributed by atoms with Crippen molar-refractivity contribution in [1.29, 1.82) is 0 Å². The fourth-order valence-electron chi connectivity index (χ4n) is 3.34. The number of nitrogens with zero attached hydrogens (tertiary/aromatic N) is 2. The van der Waals surface area contributed by atoms with Crippen LogP contribution in [-0.2, 0) is 0 Å². The van der Waals surface area contributed by atoms with Crippen molar-refractivity contribution in [2.24, 2.45) is 5.92 Å². The lowest BCUT2D eigenvalue weighted by Crippen LogP contribution is -2.38. The highest BCUT2D eigenvalue weighted by atomic mass is 35.5. The van der Waals surface area contributed by atoms with Crippen molar-refractivity contribution in [2.45, 2.75) is 38.8 Å². The van der Waals surface area contributed by atoms with E-state index in [0.717, 1.165) is 12.8 Å². The number of aliphatic hydroxyl groups excluding tert-OH is 1. The minimum absolute atomic E-state index is 0.0123. The zero-order valence-corrected chi connectivity index (χ0v) is 16.6. The van der Waals surface area contributed by atoms with Crippen LogP contribution in [0.3, 0.4) is 0 Å². The van der Waals surface area contributed by atoms with Gasteiger partial charge >= 0.3 is 0 Å². The van der Waals surface area contributed by atoms with Crippen LogP contribution in [0.25, 0.3) is 0 Å². The largest absolute Gasteiger partial charge is 0.446 e. The molecule has 2 N–H and O–H groups in total. The Morgan fingerprint density at radius 3 is 2.89 bits per heavy atom. The van der Waals surface area contributed by atoms with Gasteiger partial charge in [0, 0.05) is 17.1 Å². The normalized spacial score (nSPS) is 17.8. The Morgan fingerprint density at radius 2 is 2.21 bits per heavy atom. The number of likely N-dealkylation sites (tertiary alicyclic amines) is 1. The van der Waals surface area contributed by atoms with Gasteiger partial charge in [0.25, 0.3) is 11.8 Å². The van der Waals surface area contributed by atoms with E-state index in [2.05, 4.69) is 10.3 Å². The molecule has 8 heteroatoms. The second-order valence-corrected chi connectivity index (χ2v) is 7.69. The standard InChI is InChI=1S/C20H24ClN3O4/c1-12(2)17(23-18(26)13-5-3-6-14(21)9-13)19-22-16(11-28-19)20(27)24-8-4-7-15(24)10-25/h3,5-6,9,11-12,15,17,25H,4,7-8,10H2,1-2H3,(H,23,26)/t15-,17+/m1/s1. The first kappa shape index (κ1) is 20.4. The van der Waals surface area contributed by atoms with Gasteiger partial charge in [-0.2, -0.15) is 0 Å². The van der Waals surface area contributed by atoms with Crippen molar-refractivity contribution >= 4 is 23.4 Å². The maximum absolute atomic E-state index is 12.7. The van der Waals surface area contributed by atoms with Gasteiger partial charge in [-0.3, -0.25) is 9.59 Å². The molecule has 3 rings (SSSR count). The molecular formula is C20H24ClN3O4. The fourth-order valence-corrected chi connectivity index (χ4v) is 3.53. The van der Waals surface area contributed by atoms with E-state index in [4.69, 9.17) is 16.0 Å². The molecule has 2 atom stereocenters. The Bertz CT molecular complexity index is 851. The Balaban J connectivity index is 1.76. The number of aliphatic hydroxyl groups is 1. The number of hydrogen-bond acceptors (Lipinski definition) is 5. The third-order valence-electron chi connectivity index (χ3n) is 4.90. The summed E-state index contributed by atoms with van der Waals surface area (Å²) in [6.07, 6.45) is 2.94. The van der Waals surface area contributed by atoms with Crippen LogP contribution < -0.4 is 5.32 Å². The molecule has 0 radical (unpaired) electrons. The van der Waals surface area contributed by atoms with E-state index in [1.165, 1.54) is 6.26 Å². The van der Waals surface area contributed by atoms with Crippen LogP contribution in [0.5, 0.6) is 0 Å². The number of hydrogen-bond donors (Lipinski definition) is 2. The summed E-state index contributed by atoms with van der Waals surface area (Å²) in [5.74, 6) is -0.308. The van der Waals surface area contributed by atoms with Crippen LogP contribution in [0.4, 0.5) is 0 Å². The summed E-state index contributed by atoms with van der Waals surface area (Å²) in [4.78, 5) is 31.2. The number of carbonyl (C=O) groups excluding carboxylic acids is 2. The van der Waals surface area contributed by atoms with E-state index >= 15 is 0 Å². The number of carbonyl (C=O) groups is 2. The predicted octanol–water partition coefficient (Wildman–Crippen LogP) is 3.05. The second-order valence-electron chi connectivity index (χ2n) is 7.25. The molecule has 2 heterocycles. The van der Waals surface area contributed by atoms with Gasteiger partial charge in [0.05, 0.1) is 12.6 Å². The van der Waals surface area contributed by atoms with Crippen molar-refractivity contribution in [3.63, 3.8) is 0 Å². The first-order valence-electron chi connectivity index (χ1n) is 9.34. The maximum atomic E-state index is 12.7. The molecular weight excluding hydrogens is 382 g/mol. The molecule has 150 valence electrons. The Morgan fingerprint density at radius 1 is 1.43 bits per heavy atom. The lowest BCUT2D eigenvalue weighted by atomic mass is 10.0. The number of rotatable bonds is 6. The van der Waals surface area contributed by atoms with Gasteiger partial charge < -0.3 is 19.7 Å². The number of amides is 2. The van der Waals surface area contributed by atoms with Crippen LogP contribution in [-0.4, -0.2) is 46.0 Å². The second kappa shape index (κ2) is 8.75. The summed E-state index contributed by atoms with van der Waals surface area (Å²) in [5, 5.41) is 12.8. The monoisotopic (exact) mass is 405 g/mol. The van der Waals surface area contributed by atoms with E-state index in [9.17, 15) is 14.7 Å². The Labute approximate surface area is 168 Å². The summed E-state index contributed by atoms with van der Waals surface area (Å²) < 4.78 is 5.54. The number of benzene rings is 1. The van der Waals surface area contributed by atoms with Crippen molar-refractivity contribution in [2.75, 3.05) is 13.2 Å². The summed E-state index contributed by atoms with van der Waals surface area (Å²) in [6, 6.07) is 5.97. The van der Waals surface area contributed by atoms with Crippen LogP contribution in [0.2, 0.25) is 5.02 Å². The Kier molecular flexibility index (Phi) is 6.36. The Hall–Kier alpha value is -2.38. The molecule has 0 spiro atoms. The summed E-state index contributed by atoms with van der Waals surface area (Å²) in [6.45, 7) is 4.37. The lowest BCUT2D eigenvalue weighted by Gasteiger charge is -2.21. The van der Waals surface area contributed by atoms with Crippen molar-refractivity contribution in [3.05, 3.63) is 52.7 Å². The molecule has 2 amide bonds. The first-order valence-corrected chi connectivity index (χ1v) is 9.72. The van der Waals surface area contributed by atoms with Gasteiger partial charge in [-0.15, -0.1) is 0 Å². The van der Waals surface area contributed by atoms with Gasteiger partial charge in [-0.25, -0.2) is 4.98 Å². The molecule has 7 nitrogen and oxygen atoms in total. The average Bonchev–Trinajstić information content (AvgIpc) is 3.34. The molecule has 2 aromatic rings. The highest BCUT2D eigenvalue weighted by molar-refractivity contribution is 6.30. The quantitative estimate of drug-likeness (QED) is 0.770. The van der Waals surface area contributed by atoms with E-state index in [-0.39, 0.29) is 42.0 Å². The summed E-state index contributed by atoms with van der Waals surface area (Å²) >= 11 is 5.96. The molecule has 1 fully saturated rings. The molecule has 1 saturated heterocycles. The predicted molar refractivity (Wildman–Crippen MR) is 104 cm³/mol. The first-order chi connectivity index (χ1) is 13.4. The highest BCUT2D eigenvalue weighted by Crippen LogP contribution is 2.24. The molecule has 0 unspecified atom stereocenters. The molecule has 28 heavy (non-hydrogen) atoms. The van der Waals surface area contributed by atoms with Crippen molar-refractivity contribution < 1.29 is 19.1 Å². The molecule has 1 aliphatic heterocycles. The van der Waals surface area contributed by atoms with Crippen molar-refractivity contribution in [3.8, 4) is 0 Å². The van der Waals surface area contributed by atoms with E-state index < -0.39 is 6.04 Å². The number of oxazole rings is 1. The minimum Gasteiger partial charge on any atom is -0.446 e. The molecule has 1 aromatic heterocycles. The van der Waals surface area contributed by atoms with E-state index in [1.807, 2.05) is 13.8 Å². The zero-order valence-electron chi connectivity index (χ0n) is 15.9. The molecule has 1 aromatic carbocycles. The van der Waals surface area contributed by atoms with E-state index in [0.29, 0.717) is 17.1 Å². The maximum Gasteiger partial charge on any atom is 0.276 e. The molecule has 0 aliphatic carbocycles. The van der Waals surface area contributed by atoms with E-state index in [1.54, 1.807) is 29.2 Å². The minimum atomic E-state index is -0.500. The van der Waals surface area contributed by atoms with Crippen LogP contribution >= 0.6 is 11.6 Å². The molecule has 0 bridgehead atoms. The third kappa shape index (κ3) is 4.36. The van der Waals surface area contributed by atoms with Gasteiger partial charge in [0.2, 0.25) is 5.89 Å². The van der Waals surface area contributed by atoms with Gasteiger partial charge in [-0.05, 0) is 37.0 Å². The molecule has 0 saturated carbocycles. The van der Waals surface area contributed by atoms with Crippen LogP contribution in [0.15, 0.2) is 34.9 Å². The number of halogens is 1. The summed E-state index contributed by atoms with van der Waals surface area (Å²) in [5.41, 5.74) is 0.613. The van der Waals surface area contributed by atoms with Crippen molar-refractivity contribution in [1.82, 2.24) is 15.2 Å². The van der Waals surface area contributed by atoms with Crippen LogP contribution in [0, 0.1) is 5.92 Å². The average molecular weight is 406 g/mol. The zero-order chi connectivity index (χ0) is 20.3. The highest BCUT2D eigenvalue weighted by Gasteiger charge is 2.32. The number of nitrogens with one attached hydrogen (secondary N) is 1. The third-order valence-corrected chi connectivity index (χ3v) is 5.13. The van der Waals surface area contributed by atoms with Gasteiger partial charge in [0.15, 0.2) is 5.69 Å². The molecule has 1 aliphatic rings. The van der Waals surface area contributed by atoms with Gasteiger partial charge in [0.1, 0.15) is 12.3 Å². The topological polar surface area (TPSA) is 95.7 Å². The fraction of sp³-hybridized carbons (Fsp3) is 0.450. The smallest absolute Gasteiger partial charge is 0.276 e.